The third-order valence-corrected chi connectivity index (χ3v) is 2.00. The van der Waals surface area contributed by atoms with E-state index in [2.05, 4.69) is 5.16 Å². The van der Waals surface area contributed by atoms with Crippen molar-refractivity contribution in [3.05, 3.63) is 35.9 Å². The van der Waals surface area contributed by atoms with E-state index < -0.39 is 5.97 Å². The molecular formula is C12H15NO3. The number of nitrogens with zero attached hydrogens (tertiary/aromatic N) is 1. The first-order valence-corrected chi connectivity index (χ1v) is 5.08. The largest absolute Gasteiger partial charge is 0.477 e. The van der Waals surface area contributed by atoms with Gasteiger partial charge in [0.2, 0.25) is 0 Å². The van der Waals surface area contributed by atoms with Crippen molar-refractivity contribution < 1.29 is 14.7 Å². The van der Waals surface area contributed by atoms with Crippen LogP contribution in [0, 0.1) is 5.92 Å². The minimum atomic E-state index is -1.04. The normalized spacial score (nSPS) is 11.6. The highest BCUT2D eigenvalue weighted by atomic mass is 16.6. The van der Waals surface area contributed by atoms with Gasteiger partial charge in [0.15, 0.2) is 5.71 Å². The van der Waals surface area contributed by atoms with Crippen LogP contribution in [0.15, 0.2) is 35.5 Å². The number of carboxylic acids is 1. The van der Waals surface area contributed by atoms with E-state index in [9.17, 15) is 4.79 Å². The second-order valence-corrected chi connectivity index (χ2v) is 3.70. The topological polar surface area (TPSA) is 58.9 Å². The maximum Gasteiger partial charge on any atom is 0.353 e. The third-order valence-electron chi connectivity index (χ3n) is 2.00. The fraction of sp³-hybridized carbons (Fsp3) is 0.333. The Morgan fingerprint density at radius 3 is 2.50 bits per heavy atom. The van der Waals surface area contributed by atoms with Gasteiger partial charge in [-0.05, 0) is 5.56 Å². The van der Waals surface area contributed by atoms with E-state index in [4.69, 9.17) is 9.94 Å². The Morgan fingerprint density at radius 1 is 1.38 bits per heavy atom. The van der Waals surface area contributed by atoms with Crippen LogP contribution >= 0.6 is 0 Å². The minimum absolute atomic E-state index is 0.0379. The van der Waals surface area contributed by atoms with Gasteiger partial charge in [0.25, 0.3) is 0 Å². The first-order valence-electron chi connectivity index (χ1n) is 5.08. The van der Waals surface area contributed by atoms with E-state index in [-0.39, 0.29) is 18.2 Å². The van der Waals surface area contributed by atoms with Crippen LogP contribution < -0.4 is 0 Å². The summed E-state index contributed by atoms with van der Waals surface area (Å²) in [5.74, 6) is -1.20. The fourth-order valence-electron chi connectivity index (χ4n) is 1.14. The van der Waals surface area contributed by atoms with Crippen LogP contribution in [0.3, 0.4) is 0 Å². The third kappa shape index (κ3) is 3.73. The molecule has 0 bridgehead atoms. The van der Waals surface area contributed by atoms with Gasteiger partial charge in [0.05, 0.1) is 0 Å². The summed E-state index contributed by atoms with van der Waals surface area (Å²) in [6, 6.07) is 9.48. The Labute approximate surface area is 94.5 Å². The zero-order valence-corrected chi connectivity index (χ0v) is 9.38. The number of carboxylic acid groups (broad SMARTS) is 1. The lowest BCUT2D eigenvalue weighted by molar-refractivity contribution is -0.129. The molecule has 16 heavy (non-hydrogen) atoms. The number of aliphatic carboxylic acids is 1. The molecule has 0 heterocycles. The van der Waals surface area contributed by atoms with E-state index in [1.807, 2.05) is 30.3 Å². The Balaban J connectivity index is 2.56. The number of rotatable bonds is 5. The molecule has 0 unspecified atom stereocenters. The standard InChI is InChI=1S/C12H15NO3/c1-9(2)11(12(14)15)13-16-8-10-6-4-3-5-7-10/h3-7,9H,8H2,1-2H3,(H,14,15). The zero-order valence-electron chi connectivity index (χ0n) is 9.38. The predicted octanol–water partition coefficient (Wildman–Crippen LogP) is 2.30. The fourth-order valence-corrected chi connectivity index (χ4v) is 1.14. The summed E-state index contributed by atoms with van der Waals surface area (Å²) in [6.07, 6.45) is 0. The predicted molar refractivity (Wildman–Crippen MR) is 61.1 cm³/mol. The summed E-state index contributed by atoms with van der Waals surface area (Å²) < 4.78 is 0. The van der Waals surface area contributed by atoms with Crippen LogP contribution in [0.1, 0.15) is 19.4 Å². The molecule has 0 saturated heterocycles. The molecule has 0 fully saturated rings. The van der Waals surface area contributed by atoms with Gasteiger partial charge in [-0.1, -0.05) is 49.3 Å². The van der Waals surface area contributed by atoms with E-state index in [1.54, 1.807) is 13.8 Å². The summed E-state index contributed by atoms with van der Waals surface area (Å²) in [5, 5.41) is 12.5. The number of carbonyl (C=O) groups is 1. The summed E-state index contributed by atoms with van der Waals surface area (Å²) >= 11 is 0. The minimum Gasteiger partial charge on any atom is -0.477 e. The van der Waals surface area contributed by atoms with Gasteiger partial charge in [-0.25, -0.2) is 4.79 Å². The quantitative estimate of drug-likeness (QED) is 0.613. The smallest absolute Gasteiger partial charge is 0.353 e. The van der Waals surface area contributed by atoms with Crippen LogP contribution in [0.4, 0.5) is 0 Å². The number of oxime groups is 1. The van der Waals surface area contributed by atoms with Crippen LogP contribution in [0.25, 0.3) is 0 Å². The molecule has 1 aromatic rings. The monoisotopic (exact) mass is 221 g/mol. The maximum atomic E-state index is 10.8. The van der Waals surface area contributed by atoms with Crippen molar-refractivity contribution in [1.82, 2.24) is 0 Å². The Hall–Kier alpha value is -1.84. The highest BCUT2D eigenvalue weighted by Gasteiger charge is 2.14. The lowest BCUT2D eigenvalue weighted by Crippen LogP contribution is -2.19. The van der Waals surface area contributed by atoms with Crippen molar-refractivity contribution in [3.8, 4) is 0 Å². The second kappa shape index (κ2) is 5.90. The lowest BCUT2D eigenvalue weighted by Gasteiger charge is -2.05. The number of hydrogen-bond acceptors (Lipinski definition) is 3. The van der Waals surface area contributed by atoms with E-state index in [1.165, 1.54) is 0 Å². The first-order chi connectivity index (χ1) is 7.61. The first kappa shape index (κ1) is 12.2. The molecule has 4 heteroatoms. The molecule has 0 atom stereocenters. The highest BCUT2D eigenvalue weighted by Crippen LogP contribution is 2.03. The van der Waals surface area contributed by atoms with E-state index >= 15 is 0 Å². The number of hydrogen-bond donors (Lipinski definition) is 1. The molecule has 1 rings (SSSR count). The summed E-state index contributed by atoms with van der Waals surface area (Å²) in [4.78, 5) is 15.8. The van der Waals surface area contributed by atoms with Crippen molar-refractivity contribution in [1.29, 1.82) is 0 Å². The maximum absolute atomic E-state index is 10.8. The average molecular weight is 221 g/mol. The average Bonchev–Trinajstić information content (AvgIpc) is 2.24. The molecule has 0 saturated carbocycles. The van der Waals surface area contributed by atoms with Crippen LogP contribution in [0.5, 0.6) is 0 Å². The summed E-state index contributed by atoms with van der Waals surface area (Å²) in [5.41, 5.74) is 0.996. The van der Waals surface area contributed by atoms with Crippen molar-refractivity contribution in [2.45, 2.75) is 20.5 Å². The van der Waals surface area contributed by atoms with Crippen molar-refractivity contribution in [2.24, 2.45) is 11.1 Å². The molecule has 1 aromatic carbocycles. The summed E-state index contributed by atoms with van der Waals surface area (Å²) in [6.45, 7) is 3.81. The Kier molecular flexibility index (Phi) is 4.51. The van der Waals surface area contributed by atoms with Gasteiger partial charge in [0.1, 0.15) is 6.61 Å². The van der Waals surface area contributed by atoms with Gasteiger partial charge in [-0.2, -0.15) is 0 Å². The zero-order chi connectivity index (χ0) is 12.0. The second-order valence-electron chi connectivity index (χ2n) is 3.70. The molecule has 0 aliphatic rings. The molecule has 1 N–H and O–H groups in total. The van der Waals surface area contributed by atoms with Crippen LogP contribution in [-0.4, -0.2) is 16.8 Å². The van der Waals surface area contributed by atoms with Crippen molar-refractivity contribution in [3.63, 3.8) is 0 Å². The highest BCUT2D eigenvalue weighted by molar-refractivity contribution is 6.36. The Bertz CT molecular complexity index is 371. The molecule has 0 aliphatic carbocycles. The number of benzene rings is 1. The molecule has 86 valence electrons. The SMILES string of the molecule is CC(C)C(=NOCc1ccccc1)C(=O)O. The Morgan fingerprint density at radius 2 is 2.00 bits per heavy atom. The lowest BCUT2D eigenvalue weighted by atomic mass is 10.1. The van der Waals surface area contributed by atoms with Crippen LogP contribution in [0.2, 0.25) is 0 Å². The molecule has 4 nitrogen and oxygen atoms in total. The summed E-state index contributed by atoms with van der Waals surface area (Å²) in [7, 11) is 0. The van der Waals surface area contributed by atoms with Crippen molar-refractivity contribution >= 4 is 11.7 Å². The molecule has 0 aromatic heterocycles. The van der Waals surface area contributed by atoms with Gasteiger partial charge in [-0.3, -0.25) is 0 Å². The van der Waals surface area contributed by atoms with Gasteiger partial charge >= 0.3 is 5.97 Å². The molecule has 0 radical (unpaired) electrons. The van der Waals surface area contributed by atoms with Gasteiger partial charge in [0, 0.05) is 5.92 Å². The van der Waals surface area contributed by atoms with Crippen LogP contribution in [-0.2, 0) is 16.2 Å². The van der Waals surface area contributed by atoms with E-state index in [0.717, 1.165) is 5.56 Å². The van der Waals surface area contributed by atoms with Crippen molar-refractivity contribution in [2.75, 3.05) is 0 Å². The van der Waals surface area contributed by atoms with Gasteiger partial charge < -0.3 is 9.94 Å². The molecular weight excluding hydrogens is 206 g/mol. The van der Waals surface area contributed by atoms with E-state index in [0.29, 0.717) is 0 Å². The molecule has 0 amide bonds. The molecule has 0 spiro atoms. The van der Waals surface area contributed by atoms with Gasteiger partial charge in [-0.15, -0.1) is 0 Å². The molecule has 0 aliphatic heterocycles.